The Labute approximate surface area is 85.9 Å². The topological polar surface area (TPSA) is 22.1 Å². The van der Waals surface area contributed by atoms with Gasteiger partial charge in [-0.25, -0.2) is 13.8 Å². The second-order valence-corrected chi connectivity index (χ2v) is 3.04. The number of pyridine rings is 1. The molecule has 0 unspecified atom stereocenters. The molecule has 0 spiro atoms. The van der Waals surface area contributed by atoms with Crippen LogP contribution in [-0.2, 0) is 5.88 Å². The second-order valence-electron chi connectivity index (χ2n) is 2.78. The lowest BCUT2D eigenvalue weighted by Crippen LogP contribution is -2.01. The maximum absolute atomic E-state index is 12.5. The number of nitrogens with zero attached hydrogens (tertiary/aromatic N) is 1. The Kier molecular flexibility index (Phi) is 3.63. The molecule has 1 heterocycles. The number of alkyl halides is 3. The lowest BCUT2D eigenvalue weighted by Gasteiger charge is -2.11. The van der Waals surface area contributed by atoms with Crippen LogP contribution >= 0.6 is 11.6 Å². The zero-order valence-electron chi connectivity index (χ0n) is 7.85. The smallest absolute Gasteiger partial charge is 0.284 e. The van der Waals surface area contributed by atoms with Crippen molar-refractivity contribution < 1.29 is 13.5 Å². The van der Waals surface area contributed by atoms with E-state index in [1.54, 1.807) is 13.0 Å². The summed E-state index contributed by atoms with van der Waals surface area (Å²) in [5.41, 5.74) is 0.705. The number of methoxy groups -OCH3 is 1. The highest BCUT2D eigenvalue weighted by molar-refractivity contribution is 6.17. The SMILES string of the molecule is COc1c(CCl)cc(C)nc1C(F)F. The van der Waals surface area contributed by atoms with Crippen molar-refractivity contribution in [3.8, 4) is 5.75 Å². The molecular weight excluding hydrogens is 212 g/mol. The predicted octanol–water partition coefficient (Wildman–Crippen LogP) is 3.08. The van der Waals surface area contributed by atoms with Gasteiger partial charge in [0.05, 0.1) is 13.0 Å². The van der Waals surface area contributed by atoms with Crippen molar-refractivity contribution in [3.05, 3.63) is 23.0 Å². The molecule has 0 aromatic carbocycles. The van der Waals surface area contributed by atoms with Gasteiger partial charge in [-0.3, -0.25) is 0 Å². The Hall–Kier alpha value is -0.900. The minimum atomic E-state index is -2.65. The van der Waals surface area contributed by atoms with E-state index in [2.05, 4.69) is 4.98 Å². The normalized spacial score (nSPS) is 10.7. The van der Waals surface area contributed by atoms with Crippen LogP contribution in [0.4, 0.5) is 8.78 Å². The maximum Gasteiger partial charge on any atom is 0.284 e. The van der Waals surface area contributed by atoms with Crippen molar-refractivity contribution in [1.29, 1.82) is 0 Å². The summed E-state index contributed by atoms with van der Waals surface area (Å²) in [5.74, 6) is 0.215. The number of hydrogen-bond acceptors (Lipinski definition) is 2. The van der Waals surface area contributed by atoms with Crippen LogP contribution in [0, 0.1) is 6.92 Å². The van der Waals surface area contributed by atoms with Gasteiger partial charge in [0.2, 0.25) is 0 Å². The van der Waals surface area contributed by atoms with E-state index in [9.17, 15) is 8.78 Å². The maximum atomic E-state index is 12.5. The van der Waals surface area contributed by atoms with Crippen LogP contribution in [0.5, 0.6) is 5.75 Å². The van der Waals surface area contributed by atoms with E-state index < -0.39 is 6.43 Å². The highest BCUT2D eigenvalue weighted by atomic mass is 35.5. The largest absolute Gasteiger partial charge is 0.494 e. The molecule has 0 amide bonds. The Bertz CT molecular complexity index is 331. The van der Waals surface area contributed by atoms with Gasteiger partial charge in [-0.15, -0.1) is 11.6 Å². The van der Waals surface area contributed by atoms with Gasteiger partial charge >= 0.3 is 0 Å². The average molecular weight is 222 g/mol. The Morgan fingerprint density at radius 3 is 2.64 bits per heavy atom. The van der Waals surface area contributed by atoms with Crippen LogP contribution < -0.4 is 4.74 Å². The Balaban J connectivity index is 3.31. The minimum absolute atomic E-state index is 0.0839. The average Bonchev–Trinajstić information content (AvgIpc) is 2.16. The zero-order valence-corrected chi connectivity index (χ0v) is 8.61. The molecule has 78 valence electrons. The fourth-order valence-electron chi connectivity index (χ4n) is 1.24. The molecule has 0 bridgehead atoms. The molecule has 14 heavy (non-hydrogen) atoms. The van der Waals surface area contributed by atoms with Crippen molar-refractivity contribution in [2.45, 2.75) is 19.2 Å². The standard InChI is InChI=1S/C9H10ClF2NO/c1-5-3-6(4-10)8(14-2)7(13-5)9(11)12/h3,9H,4H2,1-2H3. The fraction of sp³-hybridized carbons (Fsp3) is 0.444. The highest BCUT2D eigenvalue weighted by Gasteiger charge is 2.19. The zero-order chi connectivity index (χ0) is 10.7. The minimum Gasteiger partial charge on any atom is -0.494 e. The third kappa shape index (κ3) is 2.12. The van der Waals surface area contributed by atoms with E-state index in [0.717, 1.165) is 0 Å². The van der Waals surface area contributed by atoms with Crippen LogP contribution in [0.25, 0.3) is 0 Å². The molecule has 0 atom stereocenters. The van der Waals surface area contributed by atoms with Crippen LogP contribution in [0.2, 0.25) is 0 Å². The number of rotatable bonds is 3. The third-order valence-electron chi connectivity index (χ3n) is 1.76. The van der Waals surface area contributed by atoms with E-state index in [4.69, 9.17) is 16.3 Å². The van der Waals surface area contributed by atoms with Crippen LogP contribution in [-0.4, -0.2) is 12.1 Å². The molecule has 2 nitrogen and oxygen atoms in total. The fourth-order valence-corrected chi connectivity index (χ4v) is 1.44. The quantitative estimate of drug-likeness (QED) is 0.732. The number of aromatic nitrogens is 1. The highest BCUT2D eigenvalue weighted by Crippen LogP contribution is 2.31. The second kappa shape index (κ2) is 4.55. The molecule has 1 rings (SSSR count). The summed E-state index contributed by atoms with van der Waals surface area (Å²) in [5, 5.41) is 0. The summed E-state index contributed by atoms with van der Waals surface area (Å²) in [6, 6.07) is 1.64. The molecule has 0 N–H and O–H groups in total. The van der Waals surface area contributed by atoms with Gasteiger partial charge in [0.15, 0.2) is 5.75 Å². The van der Waals surface area contributed by atoms with Crippen molar-refractivity contribution in [2.24, 2.45) is 0 Å². The summed E-state index contributed by atoms with van der Waals surface area (Å²) >= 11 is 5.61. The summed E-state index contributed by atoms with van der Waals surface area (Å²) in [7, 11) is 1.33. The molecule has 0 aliphatic rings. The summed E-state index contributed by atoms with van der Waals surface area (Å²) in [6.07, 6.45) is -2.65. The predicted molar refractivity (Wildman–Crippen MR) is 50.0 cm³/mol. The number of aryl methyl sites for hydroxylation is 1. The van der Waals surface area contributed by atoms with Crippen molar-refractivity contribution in [2.75, 3.05) is 7.11 Å². The van der Waals surface area contributed by atoms with Gasteiger partial charge in [-0.05, 0) is 13.0 Å². The van der Waals surface area contributed by atoms with E-state index in [1.807, 2.05) is 0 Å². The molecule has 0 aliphatic heterocycles. The van der Waals surface area contributed by atoms with E-state index >= 15 is 0 Å². The molecule has 0 saturated carbocycles. The number of halogens is 3. The first-order valence-electron chi connectivity index (χ1n) is 3.98. The third-order valence-corrected chi connectivity index (χ3v) is 2.05. The first-order chi connectivity index (χ1) is 6.60. The van der Waals surface area contributed by atoms with Gasteiger partial charge in [0.25, 0.3) is 6.43 Å². The van der Waals surface area contributed by atoms with Gasteiger partial charge in [0, 0.05) is 11.3 Å². The van der Waals surface area contributed by atoms with Gasteiger partial charge < -0.3 is 4.74 Å². The van der Waals surface area contributed by atoms with Crippen LogP contribution in [0.3, 0.4) is 0 Å². The lowest BCUT2D eigenvalue weighted by molar-refractivity contribution is 0.141. The summed E-state index contributed by atoms with van der Waals surface area (Å²) in [6.45, 7) is 1.64. The monoisotopic (exact) mass is 221 g/mol. The first kappa shape index (κ1) is 11.2. The summed E-state index contributed by atoms with van der Waals surface area (Å²) < 4.78 is 29.9. The van der Waals surface area contributed by atoms with E-state index in [-0.39, 0.29) is 17.3 Å². The van der Waals surface area contributed by atoms with E-state index in [0.29, 0.717) is 11.3 Å². The van der Waals surface area contributed by atoms with E-state index in [1.165, 1.54) is 7.11 Å². The van der Waals surface area contributed by atoms with Crippen molar-refractivity contribution in [3.63, 3.8) is 0 Å². The first-order valence-corrected chi connectivity index (χ1v) is 4.52. The molecule has 0 fully saturated rings. The van der Waals surface area contributed by atoms with Crippen LogP contribution in [0.1, 0.15) is 23.4 Å². The van der Waals surface area contributed by atoms with Gasteiger partial charge in [-0.1, -0.05) is 0 Å². The Morgan fingerprint density at radius 2 is 2.21 bits per heavy atom. The van der Waals surface area contributed by atoms with Crippen molar-refractivity contribution >= 4 is 11.6 Å². The number of hydrogen-bond donors (Lipinski definition) is 0. The van der Waals surface area contributed by atoms with Crippen LogP contribution in [0.15, 0.2) is 6.07 Å². The molecule has 0 radical (unpaired) electrons. The molecule has 0 aliphatic carbocycles. The Morgan fingerprint density at radius 1 is 1.57 bits per heavy atom. The lowest BCUT2D eigenvalue weighted by atomic mass is 10.2. The molecule has 1 aromatic rings. The van der Waals surface area contributed by atoms with Gasteiger partial charge in [-0.2, -0.15) is 0 Å². The molecular formula is C9H10ClF2NO. The van der Waals surface area contributed by atoms with Gasteiger partial charge in [0.1, 0.15) is 5.69 Å². The molecule has 5 heteroatoms. The summed E-state index contributed by atoms with van der Waals surface area (Å²) in [4.78, 5) is 3.72. The molecule has 1 aromatic heterocycles. The van der Waals surface area contributed by atoms with Crippen molar-refractivity contribution in [1.82, 2.24) is 4.98 Å². The number of ether oxygens (including phenoxy) is 1. The molecule has 0 saturated heterocycles.